The molecule has 1 aromatic rings. The molecule has 0 spiro atoms. The zero-order valence-electron chi connectivity index (χ0n) is 11.6. The van der Waals surface area contributed by atoms with E-state index in [1.165, 1.54) is 38.5 Å². The van der Waals surface area contributed by atoms with Crippen LogP contribution in [0.3, 0.4) is 0 Å². The predicted octanol–water partition coefficient (Wildman–Crippen LogP) is 2.48. The molecule has 0 radical (unpaired) electrons. The van der Waals surface area contributed by atoms with Gasteiger partial charge in [-0.05, 0) is 44.4 Å². The Bertz CT molecular complexity index is 575. The molecular formula is C13H21N3O2S2. The molecule has 0 atom stereocenters. The van der Waals surface area contributed by atoms with Crippen molar-refractivity contribution in [1.29, 1.82) is 0 Å². The van der Waals surface area contributed by atoms with Gasteiger partial charge in [0.2, 0.25) is 10.0 Å². The minimum Gasteiger partial charge on any atom is -0.358 e. The van der Waals surface area contributed by atoms with E-state index < -0.39 is 10.0 Å². The molecule has 2 aliphatic carbocycles. The van der Waals surface area contributed by atoms with E-state index in [2.05, 4.69) is 10.3 Å². The zero-order valence-corrected chi connectivity index (χ0v) is 13.3. The van der Waals surface area contributed by atoms with Crippen molar-refractivity contribution < 1.29 is 8.42 Å². The SMILES string of the molecule is Cc1nc(NC(C2CCC2)C2CCC2)sc1S(N)(=O)=O. The fourth-order valence-electron chi connectivity index (χ4n) is 3.07. The van der Waals surface area contributed by atoms with Crippen LogP contribution in [-0.2, 0) is 10.0 Å². The Morgan fingerprint density at radius 2 is 1.80 bits per heavy atom. The fourth-order valence-corrected chi connectivity index (χ4v) is 4.97. The van der Waals surface area contributed by atoms with Crippen LogP contribution in [-0.4, -0.2) is 19.4 Å². The lowest BCUT2D eigenvalue weighted by Crippen LogP contribution is -2.42. The average Bonchev–Trinajstić information content (AvgIpc) is 2.53. The normalized spacial score (nSPS) is 20.8. The van der Waals surface area contributed by atoms with E-state index in [9.17, 15) is 8.42 Å². The molecule has 7 heteroatoms. The van der Waals surface area contributed by atoms with Crippen molar-refractivity contribution >= 4 is 26.5 Å². The number of hydrogen-bond donors (Lipinski definition) is 2. The van der Waals surface area contributed by atoms with Gasteiger partial charge in [-0.3, -0.25) is 0 Å². The van der Waals surface area contributed by atoms with Gasteiger partial charge in [0.15, 0.2) is 9.34 Å². The lowest BCUT2D eigenvalue weighted by Gasteiger charge is -2.42. The molecule has 2 saturated carbocycles. The minimum absolute atomic E-state index is 0.181. The molecular weight excluding hydrogens is 294 g/mol. The third kappa shape index (κ3) is 2.71. The van der Waals surface area contributed by atoms with Gasteiger partial charge in [-0.25, -0.2) is 18.5 Å². The summed E-state index contributed by atoms with van der Waals surface area (Å²) >= 11 is 1.16. The maximum atomic E-state index is 11.5. The zero-order chi connectivity index (χ0) is 14.3. The van der Waals surface area contributed by atoms with Crippen molar-refractivity contribution in [2.45, 2.75) is 55.7 Å². The molecule has 1 heterocycles. The summed E-state index contributed by atoms with van der Waals surface area (Å²) in [6, 6.07) is 0.455. The van der Waals surface area contributed by atoms with Crippen LogP contribution in [0.15, 0.2) is 4.21 Å². The summed E-state index contributed by atoms with van der Waals surface area (Å²) in [5, 5.41) is 9.42. The van der Waals surface area contributed by atoms with E-state index in [0.717, 1.165) is 23.2 Å². The van der Waals surface area contributed by atoms with Crippen molar-refractivity contribution in [1.82, 2.24) is 4.98 Å². The smallest absolute Gasteiger partial charge is 0.249 e. The van der Waals surface area contributed by atoms with Crippen LogP contribution >= 0.6 is 11.3 Å². The number of nitrogens with one attached hydrogen (secondary N) is 1. The van der Waals surface area contributed by atoms with Crippen molar-refractivity contribution in [2.75, 3.05) is 5.32 Å². The van der Waals surface area contributed by atoms with Gasteiger partial charge in [0.1, 0.15) is 0 Å². The van der Waals surface area contributed by atoms with Gasteiger partial charge in [0, 0.05) is 6.04 Å². The number of aromatic nitrogens is 1. The first kappa shape index (κ1) is 14.3. The molecule has 20 heavy (non-hydrogen) atoms. The molecule has 0 unspecified atom stereocenters. The summed E-state index contributed by atoms with van der Waals surface area (Å²) in [6.45, 7) is 1.70. The summed E-state index contributed by atoms with van der Waals surface area (Å²) < 4.78 is 23.1. The Kier molecular flexibility index (Phi) is 3.77. The van der Waals surface area contributed by atoms with Crippen LogP contribution in [0.25, 0.3) is 0 Å². The first-order valence-electron chi connectivity index (χ1n) is 7.22. The summed E-state index contributed by atoms with van der Waals surface area (Å²) in [4.78, 5) is 4.35. The van der Waals surface area contributed by atoms with Crippen molar-refractivity contribution in [3.8, 4) is 0 Å². The Hall–Kier alpha value is -0.660. The van der Waals surface area contributed by atoms with Crippen LogP contribution < -0.4 is 10.5 Å². The Balaban J connectivity index is 1.78. The van der Waals surface area contributed by atoms with E-state index in [0.29, 0.717) is 16.9 Å². The number of nitrogens with zero attached hydrogens (tertiary/aromatic N) is 1. The third-order valence-electron chi connectivity index (χ3n) is 4.62. The van der Waals surface area contributed by atoms with Gasteiger partial charge in [0.25, 0.3) is 0 Å². The molecule has 0 aliphatic heterocycles. The monoisotopic (exact) mass is 315 g/mol. The second-order valence-electron chi connectivity index (χ2n) is 5.99. The summed E-state index contributed by atoms with van der Waals surface area (Å²) in [5.41, 5.74) is 0.501. The van der Waals surface area contributed by atoms with Gasteiger partial charge in [-0.2, -0.15) is 0 Å². The van der Waals surface area contributed by atoms with E-state index in [1.54, 1.807) is 6.92 Å². The molecule has 3 rings (SSSR count). The molecule has 0 bridgehead atoms. The number of nitrogens with two attached hydrogens (primary N) is 1. The van der Waals surface area contributed by atoms with Gasteiger partial charge in [0.05, 0.1) is 5.69 Å². The Morgan fingerprint density at radius 3 is 2.15 bits per heavy atom. The van der Waals surface area contributed by atoms with E-state index in [-0.39, 0.29) is 4.21 Å². The third-order valence-corrected chi connectivity index (χ3v) is 7.26. The topological polar surface area (TPSA) is 85.1 Å². The highest BCUT2D eigenvalue weighted by molar-refractivity contribution is 7.91. The quantitative estimate of drug-likeness (QED) is 0.874. The standard InChI is InChI=1S/C13H21N3O2S2/c1-8-12(20(14,17)18)19-13(15-8)16-11(9-4-2-5-9)10-6-3-7-10/h9-11H,2-7H2,1H3,(H,15,16)(H2,14,17,18). The molecule has 1 aromatic heterocycles. The molecule has 112 valence electrons. The predicted molar refractivity (Wildman–Crippen MR) is 80.3 cm³/mol. The van der Waals surface area contributed by atoms with Crippen LogP contribution in [0.4, 0.5) is 5.13 Å². The van der Waals surface area contributed by atoms with Crippen molar-refractivity contribution in [3.63, 3.8) is 0 Å². The number of sulfonamides is 1. The lowest BCUT2D eigenvalue weighted by atomic mass is 9.68. The van der Waals surface area contributed by atoms with Crippen molar-refractivity contribution in [3.05, 3.63) is 5.69 Å². The lowest BCUT2D eigenvalue weighted by molar-refractivity contribution is 0.166. The number of anilines is 1. The minimum atomic E-state index is -3.66. The highest BCUT2D eigenvalue weighted by Crippen LogP contribution is 2.42. The molecule has 0 saturated heterocycles. The summed E-state index contributed by atoms with van der Waals surface area (Å²) in [6.07, 6.45) is 7.74. The molecule has 3 N–H and O–H groups in total. The van der Waals surface area contributed by atoms with E-state index in [1.807, 2.05) is 0 Å². The molecule has 0 amide bonds. The molecule has 0 aromatic carbocycles. The van der Waals surface area contributed by atoms with Crippen LogP contribution in [0.2, 0.25) is 0 Å². The van der Waals surface area contributed by atoms with Gasteiger partial charge < -0.3 is 5.32 Å². The fraction of sp³-hybridized carbons (Fsp3) is 0.769. The first-order valence-corrected chi connectivity index (χ1v) is 9.58. The number of primary sulfonamides is 1. The Labute approximate surface area is 124 Å². The highest BCUT2D eigenvalue weighted by atomic mass is 32.2. The Morgan fingerprint density at radius 1 is 1.25 bits per heavy atom. The van der Waals surface area contributed by atoms with Crippen molar-refractivity contribution in [2.24, 2.45) is 17.0 Å². The molecule has 2 fully saturated rings. The largest absolute Gasteiger partial charge is 0.358 e. The average molecular weight is 315 g/mol. The molecule has 2 aliphatic rings. The number of aryl methyl sites for hydroxylation is 1. The van der Waals surface area contributed by atoms with Crippen LogP contribution in [0.1, 0.15) is 44.2 Å². The number of hydrogen-bond acceptors (Lipinski definition) is 5. The summed E-state index contributed by atoms with van der Waals surface area (Å²) in [5.74, 6) is 1.45. The first-order chi connectivity index (χ1) is 9.45. The molecule has 5 nitrogen and oxygen atoms in total. The number of rotatable bonds is 5. The highest BCUT2D eigenvalue weighted by Gasteiger charge is 2.36. The van der Waals surface area contributed by atoms with E-state index >= 15 is 0 Å². The maximum absolute atomic E-state index is 11.5. The van der Waals surface area contributed by atoms with Gasteiger partial charge in [-0.1, -0.05) is 24.2 Å². The maximum Gasteiger partial charge on any atom is 0.249 e. The second kappa shape index (κ2) is 5.27. The second-order valence-corrected chi connectivity index (χ2v) is 8.74. The van der Waals surface area contributed by atoms with Gasteiger partial charge in [-0.15, -0.1) is 0 Å². The number of thiazole rings is 1. The van der Waals surface area contributed by atoms with Crippen LogP contribution in [0, 0.1) is 18.8 Å². The van der Waals surface area contributed by atoms with E-state index in [4.69, 9.17) is 5.14 Å². The summed E-state index contributed by atoms with van der Waals surface area (Å²) in [7, 11) is -3.66. The van der Waals surface area contributed by atoms with Crippen LogP contribution in [0.5, 0.6) is 0 Å². The van der Waals surface area contributed by atoms with Gasteiger partial charge >= 0.3 is 0 Å².